The molecule has 3 fully saturated rings. The van der Waals surface area contributed by atoms with E-state index in [1.807, 2.05) is 25.3 Å². The summed E-state index contributed by atoms with van der Waals surface area (Å²) < 4.78 is 25.7. The van der Waals surface area contributed by atoms with Gasteiger partial charge >= 0.3 is 0 Å². The van der Waals surface area contributed by atoms with Crippen LogP contribution in [0.15, 0.2) is 28.3 Å². The zero-order valence-corrected chi connectivity index (χ0v) is 16.1. The van der Waals surface area contributed by atoms with Gasteiger partial charge in [0.05, 0.1) is 12.3 Å². The average Bonchev–Trinajstić information content (AvgIpc) is 3.01. The van der Waals surface area contributed by atoms with E-state index in [2.05, 4.69) is 51.6 Å². The molecule has 3 N–H and O–H groups in total. The minimum atomic E-state index is -0.642. The van der Waals surface area contributed by atoms with E-state index in [1.54, 1.807) is 7.11 Å². The van der Waals surface area contributed by atoms with Crippen LogP contribution in [0.25, 0.3) is 0 Å². The summed E-state index contributed by atoms with van der Waals surface area (Å²) in [6.07, 6.45) is 4.13. The Hall–Kier alpha value is -0.450. The Morgan fingerprint density at radius 1 is 1.50 bits per heavy atom. The number of nitrogens with zero attached hydrogens (tertiary/aromatic N) is 1. The average molecular weight is 448 g/mol. The Balaban J connectivity index is 1.74. The Bertz CT molecular complexity index is 620. The number of methoxy groups -OCH3 is 1. The third kappa shape index (κ3) is 2.57. The molecule has 24 heavy (non-hydrogen) atoms. The number of halogens is 1. The third-order valence-corrected chi connectivity index (χ3v) is 5.61. The summed E-state index contributed by atoms with van der Waals surface area (Å²) in [5.41, 5.74) is 7.67. The van der Waals surface area contributed by atoms with Crippen molar-refractivity contribution in [3.8, 4) is 0 Å². The van der Waals surface area contributed by atoms with Crippen LogP contribution in [0.4, 0.5) is 0 Å². The number of rotatable bonds is 3. The van der Waals surface area contributed by atoms with Gasteiger partial charge in [-0.3, -0.25) is 5.01 Å². The second kappa shape index (κ2) is 5.78. The van der Waals surface area contributed by atoms with Crippen LogP contribution in [0.3, 0.4) is 0 Å². The summed E-state index contributed by atoms with van der Waals surface area (Å²) in [5, 5.41) is 2.06. The minimum absolute atomic E-state index is 0.0434. The summed E-state index contributed by atoms with van der Waals surface area (Å²) in [4.78, 5) is 0. The van der Waals surface area contributed by atoms with Crippen LogP contribution in [0.2, 0.25) is 0 Å². The van der Waals surface area contributed by atoms with Crippen molar-refractivity contribution in [1.29, 1.82) is 0 Å². The number of hydrogen-bond acceptors (Lipinski definition) is 6. The second-order valence-electron chi connectivity index (χ2n) is 7.04. The molecule has 1 spiro atoms. The van der Waals surface area contributed by atoms with Gasteiger partial charge < -0.3 is 18.9 Å². The van der Waals surface area contributed by atoms with Crippen molar-refractivity contribution in [3.05, 3.63) is 28.3 Å². The molecular formula is C16H23IN3O4+. The molecule has 2 saturated heterocycles. The lowest BCUT2D eigenvalue weighted by atomic mass is 9.89. The molecule has 0 radical (unpaired) electrons. The van der Waals surface area contributed by atoms with Gasteiger partial charge in [0.15, 0.2) is 5.79 Å². The van der Waals surface area contributed by atoms with Crippen molar-refractivity contribution in [3.63, 3.8) is 0 Å². The fraction of sp³-hybridized carbons (Fsp3) is 0.688. The molecule has 132 valence electrons. The van der Waals surface area contributed by atoms with E-state index in [9.17, 15) is 0 Å². The molecule has 6 atom stereocenters. The van der Waals surface area contributed by atoms with E-state index in [-0.39, 0.29) is 30.5 Å². The Kier molecular flexibility index (Phi) is 4.09. The lowest BCUT2D eigenvalue weighted by Gasteiger charge is -2.52. The fourth-order valence-electron chi connectivity index (χ4n) is 4.02. The first-order valence-electron chi connectivity index (χ1n) is 8.07. The summed E-state index contributed by atoms with van der Waals surface area (Å²) in [6, 6.07) is -0.0601. The van der Waals surface area contributed by atoms with Gasteiger partial charge in [-0.1, -0.05) is 12.1 Å². The SMILES string of the molecule is C=C=CC1OC23CC2OC(C)(C)OC3[C@H](N2C=C(I)[NH2+]N2)[C@H]1OC. The Labute approximate surface area is 155 Å². The van der Waals surface area contributed by atoms with Crippen LogP contribution < -0.4 is 11.0 Å². The zero-order valence-electron chi connectivity index (χ0n) is 14.0. The fourth-order valence-corrected chi connectivity index (χ4v) is 4.46. The quantitative estimate of drug-likeness (QED) is 0.281. The number of nitrogens with two attached hydrogens (primary N) is 1. The van der Waals surface area contributed by atoms with Crippen LogP contribution in [0, 0.1) is 0 Å². The predicted octanol–water partition coefficient (Wildman–Crippen LogP) is 0.305. The van der Waals surface area contributed by atoms with Crippen LogP contribution in [-0.2, 0) is 18.9 Å². The molecule has 4 unspecified atom stereocenters. The van der Waals surface area contributed by atoms with E-state index in [0.717, 1.165) is 10.1 Å². The van der Waals surface area contributed by atoms with Gasteiger partial charge in [0.1, 0.15) is 30.0 Å². The number of quaternary nitrogens is 1. The molecule has 0 aromatic rings. The second-order valence-corrected chi connectivity index (χ2v) is 8.29. The lowest BCUT2D eigenvalue weighted by molar-refractivity contribution is -0.666. The van der Waals surface area contributed by atoms with Crippen LogP contribution in [0.1, 0.15) is 20.3 Å². The molecule has 0 aromatic carbocycles. The van der Waals surface area contributed by atoms with Gasteiger partial charge in [-0.15, -0.1) is 5.73 Å². The first-order chi connectivity index (χ1) is 11.4. The number of hydrogen-bond donors (Lipinski definition) is 2. The van der Waals surface area contributed by atoms with Gasteiger partial charge in [0, 0.05) is 36.1 Å². The molecule has 4 rings (SSSR count). The van der Waals surface area contributed by atoms with Gasteiger partial charge in [0.2, 0.25) is 3.70 Å². The van der Waals surface area contributed by atoms with Crippen molar-refractivity contribution in [2.75, 3.05) is 7.11 Å². The maximum atomic E-state index is 6.39. The highest BCUT2D eigenvalue weighted by Crippen LogP contribution is 2.57. The molecule has 0 amide bonds. The molecule has 0 aromatic heterocycles. The van der Waals surface area contributed by atoms with E-state index >= 15 is 0 Å². The summed E-state index contributed by atoms with van der Waals surface area (Å²) >= 11 is 2.29. The monoisotopic (exact) mass is 448 g/mol. The highest BCUT2D eigenvalue weighted by molar-refractivity contribution is 14.1. The highest BCUT2D eigenvalue weighted by atomic mass is 127. The van der Waals surface area contributed by atoms with E-state index in [0.29, 0.717) is 0 Å². The standard InChI is InChI=1S/C16H22IN3O4/c1-5-6-9-13(21-4)12(20-8-11(17)18-19-20)14-16(22-9)7-10(16)23-15(2,3)24-14/h6,8-10,12-14,18-19H,1,7H2,2-4H3/p+1/t9?,10?,12-,13+,14?,16?/m1/s1. The van der Waals surface area contributed by atoms with Crippen LogP contribution >= 0.6 is 22.6 Å². The molecule has 0 bridgehead atoms. The Morgan fingerprint density at radius 3 is 2.92 bits per heavy atom. The minimum Gasteiger partial charge on any atom is -0.376 e. The first-order valence-corrected chi connectivity index (χ1v) is 9.15. The van der Waals surface area contributed by atoms with Crippen molar-refractivity contribution in [2.45, 2.75) is 62.1 Å². The van der Waals surface area contributed by atoms with Gasteiger partial charge in [-0.2, -0.15) is 0 Å². The Morgan fingerprint density at radius 2 is 2.29 bits per heavy atom. The maximum Gasteiger partial charge on any atom is 0.204 e. The van der Waals surface area contributed by atoms with Crippen molar-refractivity contribution in [2.24, 2.45) is 0 Å². The topological polar surface area (TPSA) is 68.8 Å². The number of nitrogens with one attached hydrogen (secondary N) is 1. The summed E-state index contributed by atoms with van der Waals surface area (Å²) in [5.74, 6) is -0.642. The van der Waals surface area contributed by atoms with Crippen molar-refractivity contribution >= 4 is 22.6 Å². The molecular weight excluding hydrogens is 425 g/mol. The normalized spacial score (nSPS) is 45.8. The molecule has 3 aliphatic heterocycles. The lowest BCUT2D eigenvalue weighted by Crippen LogP contribution is -2.91. The molecule has 8 heteroatoms. The van der Waals surface area contributed by atoms with E-state index in [4.69, 9.17) is 18.9 Å². The highest BCUT2D eigenvalue weighted by Gasteiger charge is 2.74. The molecule has 7 nitrogen and oxygen atoms in total. The molecule has 4 aliphatic rings. The smallest absolute Gasteiger partial charge is 0.204 e. The van der Waals surface area contributed by atoms with Gasteiger partial charge in [0.25, 0.3) is 0 Å². The number of hydrazine groups is 1. The summed E-state index contributed by atoms with van der Waals surface area (Å²) in [7, 11) is 1.70. The van der Waals surface area contributed by atoms with Gasteiger partial charge in [-0.25, -0.2) is 5.43 Å². The van der Waals surface area contributed by atoms with Crippen molar-refractivity contribution in [1.82, 2.24) is 10.5 Å². The zero-order chi connectivity index (χ0) is 17.1. The molecule has 1 aliphatic carbocycles. The largest absolute Gasteiger partial charge is 0.376 e. The molecule has 1 saturated carbocycles. The third-order valence-electron chi connectivity index (χ3n) is 5.02. The van der Waals surface area contributed by atoms with Crippen molar-refractivity contribution < 1.29 is 24.4 Å². The van der Waals surface area contributed by atoms with E-state index in [1.165, 1.54) is 0 Å². The number of ether oxygens (including phenoxy) is 4. The molecule has 3 heterocycles. The van der Waals surface area contributed by atoms with Crippen LogP contribution in [-0.4, -0.2) is 54.0 Å². The van der Waals surface area contributed by atoms with E-state index < -0.39 is 11.4 Å². The van der Waals surface area contributed by atoms with Crippen LogP contribution in [0.5, 0.6) is 0 Å². The first kappa shape index (κ1) is 17.0. The predicted molar refractivity (Wildman–Crippen MR) is 93.3 cm³/mol. The maximum absolute atomic E-state index is 6.39. The summed E-state index contributed by atoms with van der Waals surface area (Å²) in [6.45, 7) is 7.60. The van der Waals surface area contributed by atoms with Gasteiger partial charge in [-0.05, 0) is 19.9 Å².